The van der Waals surface area contributed by atoms with Gasteiger partial charge in [-0.05, 0) is 68.2 Å². The van der Waals surface area contributed by atoms with Gasteiger partial charge in [-0.15, -0.1) is 0 Å². The molecule has 2 amide bonds. The number of amidine groups is 1. The minimum atomic E-state index is -0.529. The van der Waals surface area contributed by atoms with Crippen molar-refractivity contribution in [2.45, 2.75) is 64.3 Å². The first-order chi connectivity index (χ1) is 16.4. The molecule has 2 saturated heterocycles. The zero-order valence-electron chi connectivity index (χ0n) is 20.3. The van der Waals surface area contributed by atoms with E-state index in [1.54, 1.807) is 4.90 Å². The second-order valence-corrected chi connectivity index (χ2v) is 11.5. The van der Waals surface area contributed by atoms with Crippen LogP contribution in [-0.4, -0.2) is 59.7 Å². The zero-order valence-corrected chi connectivity index (χ0v) is 21.2. The third-order valence-corrected chi connectivity index (χ3v) is 9.10. The van der Waals surface area contributed by atoms with E-state index in [2.05, 4.69) is 35.6 Å². The molecule has 0 unspecified atom stereocenters. The molecule has 0 radical (unpaired) electrons. The first-order valence-electron chi connectivity index (χ1n) is 12.7. The number of aryl methyl sites for hydroxylation is 2. The Morgan fingerprint density at radius 3 is 2.62 bits per heavy atom. The topological polar surface area (TPSA) is 74.2 Å². The van der Waals surface area contributed by atoms with Crippen molar-refractivity contribution >= 4 is 35.3 Å². The highest BCUT2D eigenvalue weighted by molar-refractivity contribution is 7.97. The third-order valence-electron chi connectivity index (χ3n) is 7.98. The number of carbonyl (C=O) groups is 2. The molecule has 3 aliphatic heterocycles. The fraction of sp³-hybridized carbons (Fsp3) is 0.654. The lowest BCUT2D eigenvalue weighted by Crippen LogP contribution is -2.47. The van der Waals surface area contributed by atoms with E-state index in [4.69, 9.17) is 9.73 Å². The van der Waals surface area contributed by atoms with Crippen LogP contribution in [0.25, 0.3) is 0 Å². The van der Waals surface area contributed by atoms with Crippen molar-refractivity contribution in [3.05, 3.63) is 29.3 Å². The van der Waals surface area contributed by atoms with Gasteiger partial charge in [-0.2, -0.15) is 0 Å². The molecule has 1 aliphatic carbocycles. The summed E-state index contributed by atoms with van der Waals surface area (Å²) >= 11 is 1.87. The van der Waals surface area contributed by atoms with Gasteiger partial charge in [0, 0.05) is 30.4 Å². The molecular formula is C26H36N4O3S. The standard InChI is InChI=1S/C26H36N4O3S/c1-18-3-5-21(6-4-18)24-27-25(32)26(28-24)10-12-29(13-11-26)34-14-9-20-7-8-22(15-19(20)2)30-17-33-16-23(30)31/h7-8,15,18,21H,3-6,9-14,16-17H2,1-2H3,(H,27,28,32). The number of aliphatic imine (C=N–C) groups is 1. The molecule has 5 rings (SSSR count). The molecule has 1 saturated carbocycles. The van der Waals surface area contributed by atoms with E-state index in [1.165, 1.54) is 24.0 Å². The normalized spacial score (nSPS) is 27.4. The minimum absolute atomic E-state index is 0.0197. The molecule has 34 heavy (non-hydrogen) atoms. The number of ether oxygens (including phenoxy) is 1. The van der Waals surface area contributed by atoms with Crippen LogP contribution in [0, 0.1) is 18.8 Å². The number of nitrogens with zero attached hydrogens (tertiary/aromatic N) is 3. The van der Waals surface area contributed by atoms with Crippen LogP contribution in [0.15, 0.2) is 23.2 Å². The summed E-state index contributed by atoms with van der Waals surface area (Å²) in [5.41, 5.74) is 2.90. The predicted molar refractivity (Wildman–Crippen MR) is 136 cm³/mol. The van der Waals surface area contributed by atoms with Crippen molar-refractivity contribution in [3.63, 3.8) is 0 Å². The molecule has 1 aromatic carbocycles. The van der Waals surface area contributed by atoms with Crippen LogP contribution in [0.5, 0.6) is 0 Å². The molecule has 4 aliphatic rings. The van der Waals surface area contributed by atoms with Gasteiger partial charge in [0.05, 0.1) is 0 Å². The van der Waals surface area contributed by atoms with E-state index in [0.717, 1.165) is 68.4 Å². The van der Waals surface area contributed by atoms with Crippen molar-refractivity contribution in [1.29, 1.82) is 0 Å². The van der Waals surface area contributed by atoms with E-state index < -0.39 is 5.54 Å². The smallest absolute Gasteiger partial charge is 0.254 e. The Morgan fingerprint density at radius 2 is 1.94 bits per heavy atom. The van der Waals surface area contributed by atoms with E-state index in [1.807, 2.05) is 18.0 Å². The number of carbonyl (C=O) groups excluding carboxylic acids is 2. The number of anilines is 1. The number of hydrogen-bond acceptors (Lipinski definition) is 6. The van der Waals surface area contributed by atoms with Crippen LogP contribution < -0.4 is 10.2 Å². The largest absolute Gasteiger partial charge is 0.351 e. The number of piperidine rings is 1. The summed E-state index contributed by atoms with van der Waals surface area (Å²) in [6.07, 6.45) is 7.37. The van der Waals surface area contributed by atoms with Crippen LogP contribution in [0.3, 0.4) is 0 Å². The SMILES string of the molecule is Cc1cc(N2COCC2=O)ccc1CCSN1CCC2(CC1)N=C(C1CCC(C)CC1)NC2=O. The highest BCUT2D eigenvalue weighted by Crippen LogP contribution is 2.36. The van der Waals surface area contributed by atoms with Crippen molar-refractivity contribution in [1.82, 2.24) is 9.62 Å². The number of rotatable bonds is 6. The molecule has 8 heteroatoms. The molecular weight excluding hydrogens is 448 g/mol. The first-order valence-corrected chi connectivity index (χ1v) is 13.6. The van der Waals surface area contributed by atoms with Gasteiger partial charge in [0.25, 0.3) is 11.8 Å². The van der Waals surface area contributed by atoms with E-state index in [9.17, 15) is 9.59 Å². The van der Waals surface area contributed by atoms with E-state index in [0.29, 0.717) is 12.6 Å². The molecule has 0 aromatic heterocycles. The van der Waals surface area contributed by atoms with Gasteiger partial charge in [-0.3, -0.25) is 23.8 Å². The Kier molecular flexibility index (Phi) is 7.00. The maximum atomic E-state index is 12.9. The maximum Gasteiger partial charge on any atom is 0.254 e. The van der Waals surface area contributed by atoms with Crippen molar-refractivity contribution in [3.8, 4) is 0 Å². The quantitative estimate of drug-likeness (QED) is 0.624. The molecule has 1 aromatic rings. The highest BCUT2D eigenvalue weighted by Gasteiger charge is 2.47. The van der Waals surface area contributed by atoms with Crippen LogP contribution in [0.2, 0.25) is 0 Å². The summed E-state index contributed by atoms with van der Waals surface area (Å²) in [6.45, 7) is 6.73. The fourth-order valence-electron chi connectivity index (χ4n) is 5.60. The number of benzene rings is 1. The number of amides is 2. The van der Waals surface area contributed by atoms with Gasteiger partial charge >= 0.3 is 0 Å². The molecule has 1 spiro atoms. The number of hydrogen-bond donors (Lipinski definition) is 1. The molecule has 184 valence electrons. The van der Waals surface area contributed by atoms with Crippen LogP contribution in [0.1, 0.15) is 56.6 Å². The Bertz CT molecular complexity index is 965. The average molecular weight is 485 g/mol. The monoisotopic (exact) mass is 484 g/mol. The van der Waals surface area contributed by atoms with Crippen LogP contribution in [-0.2, 0) is 20.7 Å². The number of nitrogens with one attached hydrogen (secondary N) is 1. The van der Waals surface area contributed by atoms with E-state index >= 15 is 0 Å². The van der Waals surface area contributed by atoms with Crippen molar-refractivity contribution in [2.75, 3.05) is 37.1 Å². The predicted octanol–water partition coefficient (Wildman–Crippen LogP) is 3.70. The van der Waals surface area contributed by atoms with Gasteiger partial charge in [-0.1, -0.05) is 37.8 Å². The fourth-order valence-corrected chi connectivity index (χ4v) is 6.61. The van der Waals surface area contributed by atoms with Gasteiger partial charge in [0.15, 0.2) is 0 Å². The van der Waals surface area contributed by atoms with Crippen LogP contribution in [0.4, 0.5) is 5.69 Å². The average Bonchev–Trinajstić information content (AvgIpc) is 3.40. The molecule has 3 heterocycles. The summed E-state index contributed by atoms with van der Waals surface area (Å²) in [7, 11) is 0. The Labute approximate surface area is 206 Å². The summed E-state index contributed by atoms with van der Waals surface area (Å²) in [5.74, 6) is 3.36. The maximum absolute atomic E-state index is 12.9. The van der Waals surface area contributed by atoms with Crippen molar-refractivity contribution in [2.24, 2.45) is 16.8 Å². The molecule has 7 nitrogen and oxygen atoms in total. The van der Waals surface area contributed by atoms with Crippen molar-refractivity contribution < 1.29 is 14.3 Å². The summed E-state index contributed by atoms with van der Waals surface area (Å²) in [6, 6.07) is 6.23. The second kappa shape index (κ2) is 9.99. The second-order valence-electron chi connectivity index (χ2n) is 10.4. The van der Waals surface area contributed by atoms with Crippen LogP contribution >= 0.6 is 11.9 Å². The molecule has 0 atom stereocenters. The lowest BCUT2D eigenvalue weighted by Gasteiger charge is -2.34. The highest BCUT2D eigenvalue weighted by atomic mass is 32.2. The first kappa shape index (κ1) is 23.8. The summed E-state index contributed by atoms with van der Waals surface area (Å²) in [4.78, 5) is 31.5. The Morgan fingerprint density at radius 1 is 1.18 bits per heavy atom. The van der Waals surface area contributed by atoms with Gasteiger partial charge in [0.2, 0.25) is 0 Å². The summed E-state index contributed by atoms with van der Waals surface area (Å²) in [5, 5.41) is 3.17. The molecule has 1 N–H and O–H groups in total. The molecule has 3 fully saturated rings. The van der Waals surface area contributed by atoms with Gasteiger partial charge in [-0.25, -0.2) is 0 Å². The summed E-state index contributed by atoms with van der Waals surface area (Å²) < 4.78 is 7.64. The van der Waals surface area contributed by atoms with E-state index in [-0.39, 0.29) is 18.4 Å². The minimum Gasteiger partial charge on any atom is -0.351 e. The lowest BCUT2D eigenvalue weighted by molar-refractivity contribution is -0.125. The van der Waals surface area contributed by atoms with Gasteiger partial charge < -0.3 is 10.1 Å². The molecule has 0 bridgehead atoms. The van der Waals surface area contributed by atoms with Gasteiger partial charge in [0.1, 0.15) is 24.7 Å². The Balaban J connectivity index is 1.10. The third kappa shape index (κ3) is 4.90. The lowest BCUT2D eigenvalue weighted by atomic mass is 9.82. The zero-order chi connectivity index (χ0) is 23.7. The Hall–Kier alpha value is -1.90.